The molecule has 6 nitrogen and oxygen atoms in total. The molecule has 1 aliphatic heterocycles. The van der Waals surface area contributed by atoms with Gasteiger partial charge in [-0.15, -0.1) is 21.5 Å². The van der Waals surface area contributed by atoms with Crippen molar-refractivity contribution in [1.29, 1.82) is 0 Å². The van der Waals surface area contributed by atoms with Crippen molar-refractivity contribution in [3.8, 4) is 10.7 Å². The lowest BCUT2D eigenvalue weighted by atomic mass is 9.78. The fraction of sp³-hybridized carbons (Fsp3) is 0.625. The summed E-state index contributed by atoms with van der Waals surface area (Å²) < 4.78 is 0. The highest BCUT2D eigenvalue weighted by Crippen LogP contribution is 2.35. The molecule has 122 valence electrons. The summed E-state index contributed by atoms with van der Waals surface area (Å²) in [5.74, 6) is 1.44. The van der Waals surface area contributed by atoms with Crippen LogP contribution in [0.4, 0.5) is 0 Å². The molecular formula is C16H21N5OS. The first-order valence-electron chi connectivity index (χ1n) is 8.42. The van der Waals surface area contributed by atoms with Gasteiger partial charge >= 0.3 is 0 Å². The lowest BCUT2D eigenvalue weighted by molar-refractivity contribution is -0.138. The number of fused-ring (bicyclic) bond motifs is 1. The molecule has 2 atom stereocenters. The average molecular weight is 331 g/mol. The molecule has 0 aromatic carbocycles. The third-order valence-electron chi connectivity index (χ3n) is 5.03. The summed E-state index contributed by atoms with van der Waals surface area (Å²) in [6.45, 7) is 1.08. The molecule has 3 heterocycles. The second kappa shape index (κ2) is 6.39. The number of carbonyl (C=O) groups excluding carboxylic acids is 1. The number of thiophene rings is 1. The van der Waals surface area contributed by atoms with Gasteiger partial charge in [0.2, 0.25) is 11.7 Å². The van der Waals surface area contributed by atoms with E-state index in [-0.39, 0.29) is 12.5 Å². The van der Waals surface area contributed by atoms with Gasteiger partial charge in [0.15, 0.2) is 0 Å². The van der Waals surface area contributed by atoms with Gasteiger partial charge in [-0.3, -0.25) is 4.79 Å². The van der Waals surface area contributed by atoms with Crippen molar-refractivity contribution in [2.45, 2.75) is 51.1 Å². The largest absolute Gasteiger partial charge is 0.338 e. The quantitative estimate of drug-likeness (QED) is 0.867. The Labute approximate surface area is 139 Å². The van der Waals surface area contributed by atoms with Crippen molar-refractivity contribution in [1.82, 2.24) is 25.1 Å². The molecule has 2 fully saturated rings. The third-order valence-corrected chi connectivity index (χ3v) is 5.90. The molecule has 23 heavy (non-hydrogen) atoms. The Morgan fingerprint density at radius 2 is 2.13 bits per heavy atom. The first kappa shape index (κ1) is 14.8. The van der Waals surface area contributed by atoms with Crippen LogP contribution in [0.3, 0.4) is 0 Å². The van der Waals surface area contributed by atoms with E-state index in [9.17, 15) is 4.79 Å². The Balaban J connectivity index is 1.45. The van der Waals surface area contributed by atoms with E-state index < -0.39 is 0 Å². The Morgan fingerprint density at radius 3 is 3.00 bits per heavy atom. The van der Waals surface area contributed by atoms with Crippen LogP contribution in [-0.2, 0) is 11.3 Å². The predicted octanol–water partition coefficient (Wildman–Crippen LogP) is 2.58. The maximum Gasteiger partial charge on any atom is 0.246 e. The maximum absolute atomic E-state index is 12.7. The van der Waals surface area contributed by atoms with E-state index in [4.69, 9.17) is 0 Å². The first-order valence-corrected chi connectivity index (χ1v) is 9.30. The van der Waals surface area contributed by atoms with Crippen LogP contribution in [0.2, 0.25) is 0 Å². The van der Waals surface area contributed by atoms with Crippen molar-refractivity contribution in [3.63, 3.8) is 0 Å². The number of piperidine rings is 1. The molecule has 2 aromatic heterocycles. The average Bonchev–Trinajstić information content (AvgIpc) is 3.25. The topological polar surface area (TPSA) is 63.9 Å². The number of nitrogens with zero attached hydrogens (tertiary/aromatic N) is 5. The van der Waals surface area contributed by atoms with Crippen LogP contribution in [0, 0.1) is 5.92 Å². The van der Waals surface area contributed by atoms with E-state index >= 15 is 0 Å². The van der Waals surface area contributed by atoms with E-state index in [1.54, 1.807) is 11.3 Å². The third kappa shape index (κ3) is 3.02. The lowest BCUT2D eigenvalue weighted by Gasteiger charge is -2.44. The number of carbonyl (C=O) groups is 1. The van der Waals surface area contributed by atoms with E-state index in [1.165, 1.54) is 30.5 Å². The predicted molar refractivity (Wildman–Crippen MR) is 87.8 cm³/mol. The molecule has 0 N–H and O–H groups in total. The summed E-state index contributed by atoms with van der Waals surface area (Å²) in [5.41, 5.74) is 0. The van der Waals surface area contributed by atoms with Gasteiger partial charge in [-0.2, -0.15) is 4.80 Å². The van der Waals surface area contributed by atoms with E-state index in [1.807, 2.05) is 17.5 Å². The van der Waals surface area contributed by atoms with Gasteiger partial charge in [-0.25, -0.2) is 0 Å². The second-order valence-electron chi connectivity index (χ2n) is 6.46. The number of hydrogen-bond acceptors (Lipinski definition) is 5. The molecule has 1 saturated carbocycles. The van der Waals surface area contributed by atoms with Gasteiger partial charge in [0.1, 0.15) is 6.54 Å². The molecule has 1 amide bonds. The normalized spacial score (nSPS) is 24.4. The fourth-order valence-electron chi connectivity index (χ4n) is 3.96. The zero-order valence-electron chi connectivity index (χ0n) is 13.1. The lowest BCUT2D eigenvalue weighted by Crippen LogP contribution is -2.50. The van der Waals surface area contributed by atoms with Gasteiger partial charge in [0, 0.05) is 12.6 Å². The van der Waals surface area contributed by atoms with Crippen LogP contribution < -0.4 is 0 Å². The Kier molecular flexibility index (Phi) is 4.11. The van der Waals surface area contributed by atoms with Crippen molar-refractivity contribution in [2.24, 2.45) is 5.92 Å². The second-order valence-corrected chi connectivity index (χ2v) is 7.41. The molecule has 4 rings (SSSR count). The molecule has 2 aliphatic rings. The van der Waals surface area contributed by atoms with E-state index in [0.717, 1.165) is 24.3 Å². The number of likely N-dealkylation sites (tertiary alicyclic amines) is 1. The Hall–Kier alpha value is -1.76. The minimum atomic E-state index is 0.136. The highest BCUT2D eigenvalue weighted by Gasteiger charge is 2.35. The minimum Gasteiger partial charge on any atom is -0.338 e. The van der Waals surface area contributed by atoms with Gasteiger partial charge in [0.25, 0.3) is 0 Å². The molecule has 0 spiro atoms. The number of rotatable bonds is 3. The smallest absolute Gasteiger partial charge is 0.246 e. The monoisotopic (exact) mass is 331 g/mol. The summed E-state index contributed by atoms with van der Waals surface area (Å²) in [4.78, 5) is 17.2. The van der Waals surface area contributed by atoms with Crippen LogP contribution in [0.5, 0.6) is 0 Å². The minimum absolute atomic E-state index is 0.136. The maximum atomic E-state index is 12.7. The van der Waals surface area contributed by atoms with E-state index in [0.29, 0.717) is 17.8 Å². The van der Waals surface area contributed by atoms with Gasteiger partial charge in [-0.05, 0) is 48.3 Å². The van der Waals surface area contributed by atoms with Crippen LogP contribution in [0.25, 0.3) is 10.7 Å². The number of aromatic nitrogens is 4. The first-order chi connectivity index (χ1) is 11.3. The molecule has 2 aromatic rings. The highest BCUT2D eigenvalue weighted by molar-refractivity contribution is 7.13. The van der Waals surface area contributed by atoms with Crippen molar-refractivity contribution < 1.29 is 4.79 Å². The highest BCUT2D eigenvalue weighted by atomic mass is 32.1. The molecule has 0 radical (unpaired) electrons. The van der Waals surface area contributed by atoms with Crippen LogP contribution in [-0.4, -0.2) is 43.6 Å². The molecule has 0 bridgehead atoms. The standard InChI is InChI=1S/C16H21N5OS/c22-15(20-9-3-6-12-5-1-2-7-13(12)20)11-21-18-16(17-19-21)14-8-4-10-23-14/h4,8,10,12-13H,1-3,5-7,9,11H2/t12-,13+/m0/s1. The SMILES string of the molecule is O=C(Cn1nnc(-c2cccs2)n1)N1CCC[C@@H]2CCCC[C@H]21. The summed E-state index contributed by atoms with van der Waals surface area (Å²) in [5, 5.41) is 14.4. The zero-order valence-corrected chi connectivity index (χ0v) is 13.9. The summed E-state index contributed by atoms with van der Waals surface area (Å²) in [7, 11) is 0. The molecule has 7 heteroatoms. The van der Waals surface area contributed by atoms with E-state index in [2.05, 4.69) is 20.3 Å². The molecule has 1 aliphatic carbocycles. The van der Waals surface area contributed by atoms with Crippen LogP contribution in [0.1, 0.15) is 38.5 Å². The van der Waals surface area contributed by atoms with Crippen molar-refractivity contribution >= 4 is 17.2 Å². The van der Waals surface area contributed by atoms with Crippen molar-refractivity contribution in [3.05, 3.63) is 17.5 Å². The number of tetrazole rings is 1. The molecular weight excluding hydrogens is 310 g/mol. The Bertz CT molecular complexity index is 666. The fourth-order valence-corrected chi connectivity index (χ4v) is 4.61. The Morgan fingerprint density at radius 1 is 1.26 bits per heavy atom. The zero-order chi connectivity index (χ0) is 15.6. The molecule has 1 saturated heterocycles. The number of amides is 1. The van der Waals surface area contributed by atoms with Crippen LogP contribution in [0.15, 0.2) is 17.5 Å². The van der Waals surface area contributed by atoms with Gasteiger partial charge < -0.3 is 4.90 Å². The molecule has 0 unspecified atom stereocenters. The summed E-state index contributed by atoms with van der Waals surface area (Å²) >= 11 is 1.58. The summed E-state index contributed by atoms with van der Waals surface area (Å²) in [6.07, 6.45) is 7.39. The number of hydrogen-bond donors (Lipinski definition) is 0. The van der Waals surface area contributed by atoms with Crippen LogP contribution >= 0.6 is 11.3 Å². The van der Waals surface area contributed by atoms with Crippen molar-refractivity contribution in [2.75, 3.05) is 6.54 Å². The van der Waals surface area contributed by atoms with Gasteiger partial charge in [0.05, 0.1) is 4.88 Å². The van der Waals surface area contributed by atoms with Gasteiger partial charge in [-0.1, -0.05) is 18.9 Å². The summed E-state index contributed by atoms with van der Waals surface area (Å²) in [6, 6.07) is 4.36.